The first-order valence-electron chi connectivity index (χ1n) is 8.93. The van der Waals surface area contributed by atoms with Crippen LogP contribution < -0.4 is 20.9 Å². The van der Waals surface area contributed by atoms with Crippen LogP contribution in [0.5, 0.6) is 23.0 Å². The van der Waals surface area contributed by atoms with E-state index >= 15 is 0 Å². The van der Waals surface area contributed by atoms with E-state index in [1.165, 1.54) is 0 Å². The highest BCUT2D eigenvalue weighted by Crippen LogP contribution is 2.31. The lowest BCUT2D eigenvalue weighted by Crippen LogP contribution is -1.88. The Hall–Kier alpha value is -3.92. The van der Waals surface area contributed by atoms with E-state index in [1.54, 1.807) is 0 Å². The van der Waals surface area contributed by atoms with Gasteiger partial charge in [0, 0.05) is 11.4 Å². The molecular weight excluding hydrogens is 348 g/mol. The highest BCUT2D eigenvalue weighted by atomic mass is 16.5. The van der Waals surface area contributed by atoms with Crippen LogP contribution in [0.15, 0.2) is 97.1 Å². The maximum Gasteiger partial charge on any atom is 0.128 e. The second-order valence-corrected chi connectivity index (χ2v) is 6.40. The molecule has 0 bridgehead atoms. The molecule has 4 nitrogen and oxygen atoms in total. The van der Waals surface area contributed by atoms with Gasteiger partial charge in [0.05, 0.1) is 0 Å². The third-order valence-electron chi connectivity index (χ3n) is 4.23. The molecule has 4 aromatic rings. The predicted molar refractivity (Wildman–Crippen MR) is 114 cm³/mol. The van der Waals surface area contributed by atoms with E-state index in [2.05, 4.69) is 0 Å². The van der Waals surface area contributed by atoms with Gasteiger partial charge >= 0.3 is 0 Å². The SMILES string of the molecule is Nc1ccc(Oc2cccc(-c3cccc(Oc4ccc(N)cc4)c3)c2)cc1. The molecule has 4 rings (SSSR count). The average molecular weight is 368 g/mol. The van der Waals surface area contributed by atoms with Crippen molar-refractivity contribution in [2.24, 2.45) is 0 Å². The number of nitrogens with two attached hydrogens (primary N) is 2. The summed E-state index contributed by atoms with van der Waals surface area (Å²) in [6.45, 7) is 0. The summed E-state index contributed by atoms with van der Waals surface area (Å²) in [7, 11) is 0. The first kappa shape index (κ1) is 17.5. The van der Waals surface area contributed by atoms with Crippen molar-refractivity contribution < 1.29 is 9.47 Å². The molecule has 0 amide bonds. The van der Waals surface area contributed by atoms with Crippen LogP contribution in [-0.4, -0.2) is 0 Å². The monoisotopic (exact) mass is 368 g/mol. The van der Waals surface area contributed by atoms with E-state index in [4.69, 9.17) is 20.9 Å². The molecule has 28 heavy (non-hydrogen) atoms. The van der Waals surface area contributed by atoms with Crippen LogP contribution in [0.4, 0.5) is 11.4 Å². The van der Waals surface area contributed by atoms with Gasteiger partial charge in [0.15, 0.2) is 0 Å². The Morgan fingerprint density at radius 2 is 0.821 bits per heavy atom. The maximum atomic E-state index is 5.93. The molecule has 138 valence electrons. The lowest BCUT2D eigenvalue weighted by Gasteiger charge is -2.10. The van der Waals surface area contributed by atoms with Crippen LogP contribution in [0.2, 0.25) is 0 Å². The molecule has 0 heterocycles. The van der Waals surface area contributed by atoms with Crippen LogP contribution in [0.3, 0.4) is 0 Å². The second kappa shape index (κ2) is 7.76. The fourth-order valence-corrected chi connectivity index (χ4v) is 2.82. The Kier molecular flexibility index (Phi) is 4.85. The van der Waals surface area contributed by atoms with Gasteiger partial charge in [0.25, 0.3) is 0 Å². The van der Waals surface area contributed by atoms with E-state index in [9.17, 15) is 0 Å². The zero-order valence-electron chi connectivity index (χ0n) is 15.2. The molecule has 0 fully saturated rings. The lowest BCUT2D eigenvalue weighted by atomic mass is 10.1. The topological polar surface area (TPSA) is 70.5 Å². The lowest BCUT2D eigenvalue weighted by molar-refractivity contribution is 0.482. The molecule has 0 atom stereocenters. The third-order valence-corrected chi connectivity index (χ3v) is 4.23. The summed E-state index contributed by atoms with van der Waals surface area (Å²) < 4.78 is 11.9. The molecule has 0 aromatic heterocycles. The molecule has 0 aliphatic heterocycles. The van der Waals surface area contributed by atoms with Crippen molar-refractivity contribution in [2.75, 3.05) is 11.5 Å². The largest absolute Gasteiger partial charge is 0.457 e. The van der Waals surface area contributed by atoms with Crippen LogP contribution in [0.25, 0.3) is 11.1 Å². The zero-order chi connectivity index (χ0) is 19.3. The van der Waals surface area contributed by atoms with Gasteiger partial charge in [0.1, 0.15) is 23.0 Å². The Morgan fingerprint density at radius 1 is 0.429 bits per heavy atom. The molecule has 4 aromatic carbocycles. The molecule has 0 saturated heterocycles. The molecule has 0 saturated carbocycles. The number of benzene rings is 4. The van der Waals surface area contributed by atoms with Gasteiger partial charge in [-0.05, 0) is 83.9 Å². The summed E-state index contributed by atoms with van der Waals surface area (Å²) in [6.07, 6.45) is 0. The predicted octanol–water partition coefficient (Wildman–Crippen LogP) is 6.10. The van der Waals surface area contributed by atoms with E-state index in [0.717, 1.165) is 34.1 Å². The number of rotatable bonds is 5. The van der Waals surface area contributed by atoms with Crippen molar-refractivity contribution in [1.82, 2.24) is 0 Å². The van der Waals surface area contributed by atoms with Gasteiger partial charge in [-0.15, -0.1) is 0 Å². The third kappa shape index (κ3) is 4.24. The summed E-state index contributed by atoms with van der Waals surface area (Å²) in [5.41, 5.74) is 14.9. The van der Waals surface area contributed by atoms with E-state index < -0.39 is 0 Å². The van der Waals surface area contributed by atoms with E-state index in [0.29, 0.717) is 11.4 Å². The van der Waals surface area contributed by atoms with Crippen molar-refractivity contribution in [3.8, 4) is 34.1 Å². The molecule has 0 radical (unpaired) electrons. The van der Waals surface area contributed by atoms with Gasteiger partial charge in [0.2, 0.25) is 0 Å². The minimum atomic E-state index is 0.707. The van der Waals surface area contributed by atoms with Crippen molar-refractivity contribution in [3.63, 3.8) is 0 Å². The second-order valence-electron chi connectivity index (χ2n) is 6.40. The van der Waals surface area contributed by atoms with Gasteiger partial charge in [-0.25, -0.2) is 0 Å². The van der Waals surface area contributed by atoms with Crippen molar-refractivity contribution in [2.45, 2.75) is 0 Å². The Labute approximate surface area is 164 Å². The van der Waals surface area contributed by atoms with E-state index in [-0.39, 0.29) is 0 Å². The minimum Gasteiger partial charge on any atom is -0.457 e. The summed E-state index contributed by atoms with van der Waals surface area (Å²) in [6, 6.07) is 30.5. The normalized spacial score (nSPS) is 10.4. The highest BCUT2D eigenvalue weighted by molar-refractivity contribution is 5.67. The molecule has 0 spiro atoms. The maximum absolute atomic E-state index is 5.93. The van der Waals surface area contributed by atoms with Crippen LogP contribution in [-0.2, 0) is 0 Å². The molecule has 0 aliphatic carbocycles. The zero-order valence-corrected chi connectivity index (χ0v) is 15.2. The molecule has 4 heteroatoms. The van der Waals surface area contributed by atoms with Gasteiger partial charge in [-0.3, -0.25) is 0 Å². The van der Waals surface area contributed by atoms with E-state index in [1.807, 2.05) is 97.1 Å². The standard InChI is InChI=1S/C24H20N2O2/c25-19-7-11-21(12-8-19)27-23-5-1-3-17(15-23)18-4-2-6-24(16-18)28-22-13-9-20(26)10-14-22/h1-16H,25-26H2. The number of hydrogen-bond acceptors (Lipinski definition) is 4. The smallest absolute Gasteiger partial charge is 0.128 e. The fourth-order valence-electron chi connectivity index (χ4n) is 2.82. The number of anilines is 2. The Balaban J connectivity index is 1.55. The van der Waals surface area contributed by atoms with Crippen LogP contribution in [0.1, 0.15) is 0 Å². The van der Waals surface area contributed by atoms with Gasteiger partial charge in [-0.1, -0.05) is 24.3 Å². The summed E-state index contributed by atoms with van der Waals surface area (Å²) in [4.78, 5) is 0. The average Bonchev–Trinajstić information content (AvgIpc) is 2.72. The summed E-state index contributed by atoms with van der Waals surface area (Å²) >= 11 is 0. The number of hydrogen-bond donors (Lipinski definition) is 2. The first-order chi connectivity index (χ1) is 13.7. The van der Waals surface area contributed by atoms with Crippen molar-refractivity contribution in [1.29, 1.82) is 0 Å². The molecule has 4 N–H and O–H groups in total. The minimum absolute atomic E-state index is 0.707. The highest BCUT2D eigenvalue weighted by Gasteiger charge is 2.04. The van der Waals surface area contributed by atoms with Crippen LogP contribution in [0, 0.1) is 0 Å². The van der Waals surface area contributed by atoms with Gasteiger partial charge in [-0.2, -0.15) is 0 Å². The number of nitrogen functional groups attached to an aromatic ring is 2. The Bertz CT molecular complexity index is 985. The molecule has 0 unspecified atom stereocenters. The van der Waals surface area contributed by atoms with Crippen LogP contribution >= 0.6 is 0 Å². The fraction of sp³-hybridized carbons (Fsp3) is 0. The quantitative estimate of drug-likeness (QED) is 0.417. The Morgan fingerprint density at radius 3 is 1.21 bits per heavy atom. The molecular formula is C24H20N2O2. The first-order valence-corrected chi connectivity index (χ1v) is 8.93. The summed E-state index contributed by atoms with van der Waals surface area (Å²) in [5.74, 6) is 3.00. The van der Waals surface area contributed by atoms with Gasteiger partial charge < -0.3 is 20.9 Å². The summed E-state index contributed by atoms with van der Waals surface area (Å²) in [5, 5.41) is 0. The van der Waals surface area contributed by atoms with Crippen molar-refractivity contribution >= 4 is 11.4 Å². The molecule has 0 aliphatic rings. The number of ether oxygens (including phenoxy) is 2. The van der Waals surface area contributed by atoms with Crippen molar-refractivity contribution in [3.05, 3.63) is 97.1 Å².